The van der Waals surface area contributed by atoms with Crippen LogP contribution in [0.25, 0.3) is 0 Å². The van der Waals surface area contributed by atoms with E-state index in [4.69, 9.17) is 21.1 Å². The number of ketones is 1. The number of likely N-dealkylation sites (tertiary alicyclic amines) is 1. The van der Waals surface area contributed by atoms with Crippen LogP contribution in [0.3, 0.4) is 0 Å². The summed E-state index contributed by atoms with van der Waals surface area (Å²) in [5.41, 5.74) is 1.76. The molecule has 0 aliphatic carbocycles. The van der Waals surface area contributed by atoms with Crippen LogP contribution < -0.4 is 9.47 Å². The van der Waals surface area contributed by atoms with E-state index in [1.165, 1.54) is 0 Å². The van der Waals surface area contributed by atoms with Crippen molar-refractivity contribution < 1.29 is 19.1 Å². The lowest BCUT2D eigenvalue weighted by atomic mass is 9.88. The molecule has 0 saturated carbocycles. The minimum absolute atomic E-state index is 0.0575. The van der Waals surface area contributed by atoms with Crippen LogP contribution in [0.5, 0.6) is 11.5 Å². The van der Waals surface area contributed by atoms with Gasteiger partial charge in [0.15, 0.2) is 17.3 Å². The number of halogens is 1. The van der Waals surface area contributed by atoms with Crippen LogP contribution in [-0.4, -0.2) is 42.9 Å². The molecule has 0 N–H and O–H groups in total. The second-order valence-corrected chi connectivity index (χ2v) is 7.94. The van der Waals surface area contributed by atoms with Crippen LogP contribution in [0, 0.1) is 5.92 Å². The normalized spacial score (nSPS) is 16.5. The third-order valence-corrected chi connectivity index (χ3v) is 5.84. The van der Waals surface area contributed by atoms with Gasteiger partial charge in [-0.3, -0.25) is 9.59 Å². The fourth-order valence-electron chi connectivity index (χ4n) is 3.88. The first kappa shape index (κ1) is 19.8. The average molecular weight is 414 g/mol. The number of aryl methyl sites for hydroxylation is 1. The molecule has 2 aliphatic rings. The van der Waals surface area contributed by atoms with Crippen LogP contribution in [0.4, 0.5) is 0 Å². The van der Waals surface area contributed by atoms with Crippen LogP contribution in [0.2, 0.25) is 5.02 Å². The zero-order valence-electron chi connectivity index (χ0n) is 16.2. The second-order valence-electron chi connectivity index (χ2n) is 7.50. The largest absolute Gasteiger partial charge is 0.486 e. The third-order valence-electron chi connectivity index (χ3n) is 5.59. The number of carbonyl (C=O) groups is 2. The maximum Gasteiger partial charge on any atom is 0.222 e. The first-order valence-corrected chi connectivity index (χ1v) is 10.4. The lowest BCUT2D eigenvalue weighted by Crippen LogP contribution is -2.40. The minimum Gasteiger partial charge on any atom is -0.486 e. The summed E-state index contributed by atoms with van der Waals surface area (Å²) in [6.07, 6.45) is 2.56. The SMILES string of the molecule is O=C(c1ccc2c(c1)OCCO2)C1CCN(C(=O)CCc2ccc(Cl)cc2)CC1. The Morgan fingerprint density at radius 2 is 1.66 bits per heavy atom. The van der Waals surface area contributed by atoms with Crippen molar-refractivity contribution in [3.63, 3.8) is 0 Å². The van der Waals surface area contributed by atoms with Gasteiger partial charge in [-0.25, -0.2) is 0 Å². The van der Waals surface area contributed by atoms with Crippen molar-refractivity contribution in [2.75, 3.05) is 26.3 Å². The van der Waals surface area contributed by atoms with E-state index in [1.54, 1.807) is 18.2 Å². The molecule has 2 heterocycles. The Labute approximate surface area is 175 Å². The summed E-state index contributed by atoms with van der Waals surface area (Å²) in [7, 11) is 0. The number of ether oxygens (including phenoxy) is 2. The summed E-state index contributed by atoms with van der Waals surface area (Å²) in [5, 5.41) is 0.699. The molecule has 0 bridgehead atoms. The Hall–Kier alpha value is -2.53. The van der Waals surface area contributed by atoms with Crippen molar-refractivity contribution >= 4 is 23.3 Å². The highest BCUT2D eigenvalue weighted by molar-refractivity contribution is 6.30. The molecule has 4 rings (SSSR count). The number of piperidine rings is 1. The highest BCUT2D eigenvalue weighted by Gasteiger charge is 2.28. The topological polar surface area (TPSA) is 55.8 Å². The van der Waals surface area contributed by atoms with Crippen molar-refractivity contribution in [3.05, 3.63) is 58.6 Å². The Balaban J connectivity index is 1.29. The minimum atomic E-state index is -0.0575. The molecule has 1 saturated heterocycles. The second kappa shape index (κ2) is 8.87. The van der Waals surface area contributed by atoms with Gasteiger partial charge in [0, 0.05) is 36.0 Å². The molecule has 6 heteroatoms. The number of nitrogens with zero attached hydrogens (tertiary/aromatic N) is 1. The van der Waals surface area contributed by atoms with Gasteiger partial charge in [-0.15, -0.1) is 0 Å². The Kier molecular flexibility index (Phi) is 6.05. The maximum absolute atomic E-state index is 12.9. The molecule has 2 aromatic carbocycles. The van der Waals surface area contributed by atoms with Crippen molar-refractivity contribution in [3.8, 4) is 11.5 Å². The molecule has 0 atom stereocenters. The summed E-state index contributed by atoms with van der Waals surface area (Å²) >= 11 is 5.90. The molecule has 2 aliphatic heterocycles. The Bertz CT molecular complexity index is 888. The number of amides is 1. The molecule has 0 radical (unpaired) electrons. The van der Waals surface area contributed by atoms with Gasteiger partial charge in [0.05, 0.1) is 0 Å². The molecule has 0 unspecified atom stereocenters. The van der Waals surface area contributed by atoms with Gasteiger partial charge in [0.25, 0.3) is 0 Å². The molecule has 0 spiro atoms. The number of rotatable bonds is 5. The first-order valence-electron chi connectivity index (χ1n) is 10.1. The predicted molar refractivity (Wildman–Crippen MR) is 111 cm³/mol. The molecule has 29 heavy (non-hydrogen) atoms. The highest BCUT2D eigenvalue weighted by Crippen LogP contribution is 2.32. The highest BCUT2D eigenvalue weighted by atomic mass is 35.5. The van der Waals surface area contributed by atoms with E-state index >= 15 is 0 Å². The fraction of sp³-hybridized carbons (Fsp3) is 0.391. The van der Waals surface area contributed by atoms with E-state index in [2.05, 4.69) is 0 Å². The monoisotopic (exact) mass is 413 g/mol. The lowest BCUT2D eigenvalue weighted by Gasteiger charge is -2.31. The molecule has 1 fully saturated rings. The summed E-state index contributed by atoms with van der Waals surface area (Å²) in [6, 6.07) is 13.0. The van der Waals surface area contributed by atoms with Gasteiger partial charge >= 0.3 is 0 Å². The van der Waals surface area contributed by atoms with Crippen LogP contribution in [-0.2, 0) is 11.2 Å². The summed E-state index contributed by atoms with van der Waals surface area (Å²) < 4.78 is 11.1. The molecule has 152 valence electrons. The number of fused-ring (bicyclic) bond motifs is 1. The smallest absolute Gasteiger partial charge is 0.222 e. The third kappa shape index (κ3) is 4.73. The molecule has 0 aromatic heterocycles. The summed E-state index contributed by atoms with van der Waals surface area (Å²) in [5.74, 6) is 1.53. The number of hydrogen-bond donors (Lipinski definition) is 0. The maximum atomic E-state index is 12.9. The van der Waals surface area contributed by atoms with Gasteiger partial charge in [-0.1, -0.05) is 23.7 Å². The van der Waals surface area contributed by atoms with Gasteiger partial charge in [-0.2, -0.15) is 0 Å². The standard InChI is InChI=1S/C23H24ClNO4/c24-19-5-1-16(2-6-19)3-8-22(26)25-11-9-17(10-12-25)23(27)18-4-7-20-21(15-18)29-14-13-28-20/h1-2,4-7,15,17H,3,8-14H2. The first-order chi connectivity index (χ1) is 14.1. The fourth-order valence-corrected chi connectivity index (χ4v) is 4.01. The van der Waals surface area contributed by atoms with Gasteiger partial charge in [0.2, 0.25) is 5.91 Å². The quantitative estimate of drug-likeness (QED) is 0.690. The number of carbonyl (C=O) groups excluding carboxylic acids is 2. The lowest BCUT2D eigenvalue weighted by molar-refractivity contribution is -0.132. The van der Waals surface area contributed by atoms with E-state index in [-0.39, 0.29) is 17.6 Å². The number of hydrogen-bond acceptors (Lipinski definition) is 4. The number of benzene rings is 2. The van der Waals surface area contributed by atoms with Crippen molar-refractivity contribution in [1.29, 1.82) is 0 Å². The van der Waals surface area contributed by atoms with E-state index in [1.807, 2.05) is 29.2 Å². The van der Waals surface area contributed by atoms with Gasteiger partial charge < -0.3 is 14.4 Å². The molecule has 5 nitrogen and oxygen atoms in total. The Morgan fingerprint density at radius 1 is 0.966 bits per heavy atom. The predicted octanol–water partition coefficient (Wildman–Crippen LogP) is 4.17. The van der Waals surface area contributed by atoms with E-state index < -0.39 is 0 Å². The van der Waals surface area contributed by atoms with Crippen LogP contribution in [0.1, 0.15) is 35.2 Å². The van der Waals surface area contributed by atoms with E-state index in [0.29, 0.717) is 74.1 Å². The summed E-state index contributed by atoms with van der Waals surface area (Å²) in [6.45, 7) is 2.28. The molecule has 2 aromatic rings. The van der Waals surface area contributed by atoms with Crippen molar-refractivity contribution in [2.45, 2.75) is 25.7 Å². The van der Waals surface area contributed by atoms with Crippen LogP contribution >= 0.6 is 11.6 Å². The van der Waals surface area contributed by atoms with E-state index in [9.17, 15) is 9.59 Å². The molecular formula is C23H24ClNO4. The summed E-state index contributed by atoms with van der Waals surface area (Å²) in [4.78, 5) is 27.3. The van der Waals surface area contributed by atoms with E-state index in [0.717, 1.165) is 5.56 Å². The zero-order chi connectivity index (χ0) is 20.2. The Morgan fingerprint density at radius 3 is 2.38 bits per heavy atom. The van der Waals surface area contributed by atoms with Gasteiger partial charge in [0.1, 0.15) is 13.2 Å². The average Bonchev–Trinajstić information content (AvgIpc) is 2.78. The zero-order valence-corrected chi connectivity index (χ0v) is 17.0. The van der Waals surface area contributed by atoms with Gasteiger partial charge in [-0.05, 0) is 55.2 Å². The molecule has 1 amide bonds. The number of Topliss-reactive ketones (excluding diaryl/α,β-unsaturated/α-hetero) is 1. The van der Waals surface area contributed by atoms with Crippen molar-refractivity contribution in [1.82, 2.24) is 4.90 Å². The molecular weight excluding hydrogens is 390 g/mol. The van der Waals surface area contributed by atoms with Crippen molar-refractivity contribution in [2.24, 2.45) is 5.92 Å². The van der Waals surface area contributed by atoms with Crippen LogP contribution in [0.15, 0.2) is 42.5 Å².